The van der Waals surface area contributed by atoms with Gasteiger partial charge >= 0.3 is 0 Å². The minimum Gasteiger partial charge on any atom is -0.385 e. The van der Waals surface area contributed by atoms with Crippen LogP contribution in [0.2, 0.25) is 0 Å². The number of hydrogen-bond acceptors (Lipinski definition) is 3. The van der Waals surface area contributed by atoms with Crippen molar-refractivity contribution in [3.8, 4) is 6.07 Å². The second-order valence-electron chi connectivity index (χ2n) is 4.96. The number of carbonyl (C=O) groups is 1. The molecule has 0 aliphatic heterocycles. The monoisotopic (exact) mass is 309 g/mol. The fourth-order valence-corrected chi connectivity index (χ4v) is 1.89. The van der Waals surface area contributed by atoms with Crippen LogP contribution in [0.25, 0.3) is 0 Å². The van der Waals surface area contributed by atoms with Gasteiger partial charge in [0.15, 0.2) is 0 Å². The van der Waals surface area contributed by atoms with Crippen molar-refractivity contribution >= 4 is 11.6 Å². The number of nitrogens with zero attached hydrogens (tertiary/aromatic N) is 1. The van der Waals surface area contributed by atoms with Crippen molar-refractivity contribution < 1.29 is 9.18 Å². The van der Waals surface area contributed by atoms with Crippen LogP contribution >= 0.6 is 0 Å². The number of aryl methyl sites for hydroxylation is 1. The first-order valence-corrected chi connectivity index (χ1v) is 7.05. The average molecular weight is 309 g/mol. The van der Waals surface area contributed by atoms with Crippen LogP contribution in [0.4, 0.5) is 10.1 Å². The number of rotatable bonds is 5. The topological polar surface area (TPSA) is 64.9 Å². The Kier molecular flexibility index (Phi) is 5.48. The van der Waals surface area contributed by atoms with E-state index in [1.165, 1.54) is 12.3 Å². The van der Waals surface area contributed by atoms with E-state index < -0.39 is 5.91 Å². The highest BCUT2D eigenvalue weighted by molar-refractivity contribution is 6.06. The van der Waals surface area contributed by atoms with Crippen molar-refractivity contribution in [1.29, 1.82) is 5.26 Å². The summed E-state index contributed by atoms with van der Waals surface area (Å²) in [4.78, 5) is 12.0. The van der Waals surface area contributed by atoms with E-state index in [9.17, 15) is 9.18 Å². The lowest BCUT2D eigenvalue weighted by Gasteiger charge is -2.06. The van der Waals surface area contributed by atoms with Crippen LogP contribution in [-0.2, 0) is 11.3 Å². The smallest absolute Gasteiger partial charge is 0.267 e. The van der Waals surface area contributed by atoms with Gasteiger partial charge in [0.05, 0.1) is 0 Å². The molecule has 0 radical (unpaired) electrons. The van der Waals surface area contributed by atoms with E-state index in [1.807, 2.05) is 25.1 Å². The molecule has 0 aliphatic rings. The Bertz CT molecular complexity index is 761. The minimum atomic E-state index is -0.516. The Morgan fingerprint density at radius 2 is 1.91 bits per heavy atom. The van der Waals surface area contributed by atoms with Gasteiger partial charge in [0.1, 0.15) is 17.5 Å². The van der Waals surface area contributed by atoms with Gasteiger partial charge in [-0.3, -0.25) is 4.79 Å². The second kappa shape index (κ2) is 7.76. The van der Waals surface area contributed by atoms with Gasteiger partial charge in [0.2, 0.25) is 0 Å². The van der Waals surface area contributed by atoms with Gasteiger partial charge in [-0.1, -0.05) is 35.9 Å². The van der Waals surface area contributed by atoms with E-state index in [4.69, 9.17) is 5.26 Å². The largest absolute Gasteiger partial charge is 0.385 e. The number of hydrogen-bond donors (Lipinski definition) is 2. The van der Waals surface area contributed by atoms with Crippen LogP contribution in [0, 0.1) is 24.1 Å². The Morgan fingerprint density at radius 1 is 1.22 bits per heavy atom. The molecule has 0 saturated carbocycles. The van der Waals surface area contributed by atoms with Crippen LogP contribution in [0.3, 0.4) is 0 Å². The van der Waals surface area contributed by atoms with Crippen molar-refractivity contribution in [2.45, 2.75) is 13.5 Å². The third-order valence-electron chi connectivity index (χ3n) is 3.17. The molecule has 0 unspecified atom stereocenters. The summed E-state index contributed by atoms with van der Waals surface area (Å²) in [6.45, 7) is 2.13. The summed E-state index contributed by atoms with van der Waals surface area (Å²) < 4.78 is 13.5. The number of anilines is 1. The highest BCUT2D eigenvalue weighted by Crippen LogP contribution is 2.10. The lowest BCUT2D eigenvalue weighted by atomic mass is 10.2. The van der Waals surface area contributed by atoms with Gasteiger partial charge in [-0.15, -0.1) is 0 Å². The van der Waals surface area contributed by atoms with Gasteiger partial charge < -0.3 is 10.6 Å². The minimum absolute atomic E-state index is 0.0816. The quantitative estimate of drug-likeness (QED) is 0.658. The van der Waals surface area contributed by atoms with E-state index in [2.05, 4.69) is 10.6 Å². The van der Waals surface area contributed by atoms with E-state index in [1.54, 1.807) is 30.3 Å². The maximum Gasteiger partial charge on any atom is 0.267 e. The van der Waals surface area contributed by atoms with Gasteiger partial charge in [-0.05, 0) is 25.1 Å². The summed E-state index contributed by atoms with van der Waals surface area (Å²) in [6.07, 6.45) is 1.29. The number of halogens is 1. The molecule has 116 valence electrons. The molecule has 2 aromatic carbocycles. The molecule has 0 aliphatic carbocycles. The first-order chi connectivity index (χ1) is 11.1. The molecule has 2 aromatic rings. The van der Waals surface area contributed by atoms with E-state index in [0.717, 1.165) is 5.56 Å². The molecule has 0 bridgehead atoms. The zero-order valence-electron chi connectivity index (χ0n) is 12.6. The SMILES string of the molecule is Cc1ccc(NC(=O)/C(C#N)=C\NCc2ccccc2F)cc1. The Labute approximate surface area is 134 Å². The number of nitrogens with one attached hydrogen (secondary N) is 2. The predicted octanol–water partition coefficient (Wildman–Crippen LogP) is 3.27. The highest BCUT2D eigenvalue weighted by Gasteiger charge is 2.09. The Morgan fingerprint density at radius 3 is 2.57 bits per heavy atom. The van der Waals surface area contributed by atoms with Gasteiger partial charge in [0.25, 0.3) is 5.91 Å². The van der Waals surface area contributed by atoms with E-state index in [0.29, 0.717) is 11.3 Å². The molecule has 0 aromatic heterocycles. The first kappa shape index (κ1) is 16.2. The summed E-state index contributed by atoms with van der Waals surface area (Å²) >= 11 is 0. The zero-order chi connectivity index (χ0) is 16.7. The molecule has 23 heavy (non-hydrogen) atoms. The van der Waals surface area contributed by atoms with Crippen LogP contribution in [0.5, 0.6) is 0 Å². The van der Waals surface area contributed by atoms with Crippen molar-refractivity contribution in [1.82, 2.24) is 5.32 Å². The number of amides is 1. The third kappa shape index (κ3) is 4.68. The fraction of sp³-hybridized carbons (Fsp3) is 0.111. The van der Waals surface area contributed by atoms with E-state index in [-0.39, 0.29) is 17.9 Å². The molecule has 0 atom stereocenters. The molecule has 5 heteroatoms. The number of benzene rings is 2. The van der Waals surface area contributed by atoms with Gasteiger partial charge in [0, 0.05) is 24.0 Å². The number of carbonyl (C=O) groups excluding carboxylic acids is 1. The second-order valence-corrected chi connectivity index (χ2v) is 4.96. The van der Waals surface area contributed by atoms with Crippen molar-refractivity contribution in [3.63, 3.8) is 0 Å². The van der Waals surface area contributed by atoms with Crippen LogP contribution < -0.4 is 10.6 Å². The summed E-state index contributed by atoms with van der Waals surface area (Å²) in [5, 5.41) is 14.5. The molecule has 0 saturated heterocycles. The van der Waals surface area contributed by atoms with Crippen molar-refractivity contribution in [2.24, 2.45) is 0 Å². The fourth-order valence-electron chi connectivity index (χ4n) is 1.89. The molecular formula is C18H16FN3O. The number of nitriles is 1. The lowest BCUT2D eigenvalue weighted by Crippen LogP contribution is -2.16. The standard InChI is InChI=1S/C18H16FN3O/c1-13-6-8-16(9-7-13)22-18(23)15(10-20)12-21-11-14-4-2-3-5-17(14)19/h2-9,12,21H,11H2,1H3,(H,22,23)/b15-12-. The average Bonchev–Trinajstić information content (AvgIpc) is 2.55. The maximum atomic E-state index is 13.5. The van der Waals surface area contributed by atoms with E-state index >= 15 is 0 Å². The molecule has 2 rings (SSSR count). The molecule has 2 N–H and O–H groups in total. The van der Waals surface area contributed by atoms with Crippen LogP contribution in [0.1, 0.15) is 11.1 Å². The molecule has 0 spiro atoms. The summed E-state index contributed by atoms with van der Waals surface area (Å²) in [6, 6.07) is 15.4. The van der Waals surface area contributed by atoms with Gasteiger partial charge in [-0.2, -0.15) is 5.26 Å². The molecule has 0 heterocycles. The predicted molar refractivity (Wildman–Crippen MR) is 86.7 cm³/mol. The summed E-state index contributed by atoms with van der Waals surface area (Å²) in [5.41, 5.74) is 2.06. The molecular weight excluding hydrogens is 293 g/mol. The Hall–Kier alpha value is -3.13. The summed E-state index contributed by atoms with van der Waals surface area (Å²) in [7, 11) is 0. The normalized spacial score (nSPS) is 10.7. The molecule has 0 fully saturated rings. The van der Waals surface area contributed by atoms with Gasteiger partial charge in [-0.25, -0.2) is 4.39 Å². The van der Waals surface area contributed by atoms with Crippen LogP contribution in [0.15, 0.2) is 60.3 Å². The van der Waals surface area contributed by atoms with Crippen molar-refractivity contribution in [3.05, 3.63) is 77.2 Å². The summed E-state index contributed by atoms with van der Waals surface area (Å²) in [5.74, 6) is -0.853. The third-order valence-corrected chi connectivity index (χ3v) is 3.17. The maximum absolute atomic E-state index is 13.5. The first-order valence-electron chi connectivity index (χ1n) is 7.05. The molecule has 4 nitrogen and oxygen atoms in total. The lowest BCUT2D eigenvalue weighted by molar-refractivity contribution is -0.112. The zero-order valence-corrected chi connectivity index (χ0v) is 12.6. The Balaban J connectivity index is 1.98. The highest BCUT2D eigenvalue weighted by atomic mass is 19.1. The van der Waals surface area contributed by atoms with Crippen LogP contribution in [-0.4, -0.2) is 5.91 Å². The molecule has 1 amide bonds. The van der Waals surface area contributed by atoms with Crippen molar-refractivity contribution in [2.75, 3.05) is 5.32 Å².